The minimum Gasteiger partial charge on any atom is -0.756 e. The van der Waals surface area contributed by atoms with Crippen molar-refractivity contribution in [3.05, 3.63) is 0 Å². The summed E-state index contributed by atoms with van der Waals surface area (Å²) in [5.41, 5.74) is 0. The quantitative estimate of drug-likeness (QED) is 0.0260. The minimum absolute atomic E-state index is 0.0317. The highest BCUT2D eigenvalue weighted by Crippen LogP contribution is 2.38. The van der Waals surface area contributed by atoms with E-state index in [1.54, 1.807) is 0 Å². The van der Waals surface area contributed by atoms with Crippen molar-refractivity contribution in [2.45, 2.75) is 277 Å². The molecule has 0 aliphatic carbocycles. The lowest BCUT2D eigenvalue weighted by Crippen LogP contribution is -2.37. The number of esters is 1. The molecule has 0 aromatic heterocycles. The Balaban J connectivity index is 4.02. The molecule has 0 bridgehead atoms. The lowest BCUT2D eigenvalue weighted by atomic mass is 10.0. The Bertz CT molecular complexity index is 945. The monoisotopic (exact) mass is 888 g/mol. The summed E-state index contributed by atoms with van der Waals surface area (Å²) >= 11 is 0. The molecule has 0 spiro atoms. The van der Waals surface area contributed by atoms with Crippen LogP contribution in [0.1, 0.15) is 271 Å². The van der Waals surface area contributed by atoms with E-state index in [2.05, 4.69) is 13.8 Å². The smallest absolute Gasteiger partial charge is 0.306 e. The number of likely N-dealkylation sites (N-methyl/N-ethyl adjacent to an activating group) is 1. The van der Waals surface area contributed by atoms with Gasteiger partial charge in [-0.3, -0.25) is 9.36 Å². The second kappa shape index (κ2) is 46.0. The number of carbonyl (C=O) groups excluding carboxylic acids is 1. The van der Waals surface area contributed by atoms with Gasteiger partial charge in [-0.25, -0.2) is 0 Å². The Labute approximate surface area is 380 Å². The lowest BCUT2D eigenvalue weighted by Gasteiger charge is -2.28. The zero-order valence-electron chi connectivity index (χ0n) is 41.6. The van der Waals surface area contributed by atoms with Crippen molar-refractivity contribution >= 4 is 13.8 Å². The van der Waals surface area contributed by atoms with Gasteiger partial charge >= 0.3 is 5.97 Å². The van der Waals surface area contributed by atoms with Gasteiger partial charge in [-0.1, -0.05) is 251 Å². The Kier molecular flexibility index (Phi) is 45.7. The zero-order valence-corrected chi connectivity index (χ0v) is 42.5. The van der Waals surface area contributed by atoms with Crippen LogP contribution < -0.4 is 4.89 Å². The molecule has 0 saturated carbocycles. The Hall–Kier alpha value is -0.500. The van der Waals surface area contributed by atoms with Crippen LogP contribution in [0.5, 0.6) is 0 Å². The van der Waals surface area contributed by atoms with E-state index in [0.717, 1.165) is 32.1 Å². The third kappa shape index (κ3) is 50.4. The summed E-state index contributed by atoms with van der Waals surface area (Å²) in [6.45, 7) is 5.50. The van der Waals surface area contributed by atoms with Crippen molar-refractivity contribution in [3.63, 3.8) is 0 Å². The molecule has 0 saturated heterocycles. The minimum atomic E-state index is -4.52. The van der Waals surface area contributed by atoms with Crippen LogP contribution in [0.4, 0.5) is 0 Å². The molecule has 0 N–H and O–H groups in total. The Morgan fingerprint density at radius 1 is 0.443 bits per heavy atom. The summed E-state index contributed by atoms with van der Waals surface area (Å²) in [5, 5.41) is 0. The molecule has 0 aliphatic rings. The first-order valence-corrected chi connectivity index (χ1v) is 28.2. The summed E-state index contributed by atoms with van der Waals surface area (Å²) in [6, 6.07) is 0. The van der Waals surface area contributed by atoms with Crippen LogP contribution in [0.25, 0.3) is 0 Å². The Morgan fingerprint density at radius 2 is 0.754 bits per heavy atom. The van der Waals surface area contributed by atoms with Crippen LogP contribution in [-0.2, 0) is 27.9 Å². The van der Waals surface area contributed by atoms with E-state index in [-0.39, 0.29) is 25.8 Å². The van der Waals surface area contributed by atoms with Crippen LogP contribution in [0.15, 0.2) is 0 Å². The van der Waals surface area contributed by atoms with E-state index >= 15 is 0 Å². The maximum absolute atomic E-state index is 12.8. The fourth-order valence-electron chi connectivity index (χ4n) is 8.02. The fourth-order valence-corrected chi connectivity index (χ4v) is 8.75. The molecule has 0 amide bonds. The second-order valence-electron chi connectivity index (χ2n) is 19.6. The molecule has 0 aromatic carbocycles. The van der Waals surface area contributed by atoms with Crippen molar-refractivity contribution in [1.82, 2.24) is 0 Å². The number of nitrogens with zero attached hydrogens (tertiary/aromatic N) is 1. The number of quaternary nitrogens is 1. The van der Waals surface area contributed by atoms with Gasteiger partial charge in [-0.05, 0) is 12.8 Å². The SMILES string of the molecule is CCCCCCCCCCCCCCCCCCCCCCCCCCC(=O)OC(COCCCCCCCCCCCCCCCCC)COP(=O)([O-])OCC[N+](C)(C)C. The average molecular weight is 888 g/mol. The predicted molar refractivity (Wildman–Crippen MR) is 259 cm³/mol. The number of rotatable bonds is 51. The van der Waals surface area contributed by atoms with Crippen LogP contribution in [0.3, 0.4) is 0 Å². The standard InChI is InChI=1S/C52H106NO7P/c1-6-8-10-12-14-16-18-20-22-23-24-25-26-27-28-29-30-31-33-35-37-39-41-43-45-52(54)60-51(50-59-61(55,56)58-48-46-53(3,4)5)49-57-47-44-42-40-38-36-34-32-21-19-17-15-13-11-9-7-2/h51H,6-50H2,1-5H3. The molecule has 8 nitrogen and oxygen atoms in total. The van der Waals surface area contributed by atoms with E-state index in [0.29, 0.717) is 24.1 Å². The van der Waals surface area contributed by atoms with Crippen LogP contribution in [0.2, 0.25) is 0 Å². The first-order chi connectivity index (χ1) is 29.6. The Morgan fingerprint density at radius 3 is 1.08 bits per heavy atom. The number of hydrogen-bond acceptors (Lipinski definition) is 7. The number of phosphoric acid groups is 1. The zero-order chi connectivity index (χ0) is 44.8. The summed E-state index contributed by atoms with van der Waals surface area (Å²) in [7, 11) is 1.38. The molecule has 0 aliphatic heterocycles. The number of phosphoric ester groups is 1. The number of ether oxygens (including phenoxy) is 2. The van der Waals surface area contributed by atoms with Gasteiger partial charge in [0.2, 0.25) is 0 Å². The van der Waals surface area contributed by atoms with E-state index < -0.39 is 13.9 Å². The molecule has 0 heterocycles. The van der Waals surface area contributed by atoms with Gasteiger partial charge in [0.25, 0.3) is 7.82 Å². The number of hydrogen-bond donors (Lipinski definition) is 0. The summed E-state index contributed by atoms with van der Waals surface area (Å²) in [6.07, 6.45) is 51.3. The normalized spacial score (nSPS) is 13.5. The van der Waals surface area contributed by atoms with Crippen LogP contribution >= 0.6 is 7.82 Å². The van der Waals surface area contributed by atoms with Crippen molar-refractivity contribution < 1.29 is 37.3 Å². The van der Waals surface area contributed by atoms with Gasteiger partial charge in [-0.15, -0.1) is 0 Å². The highest BCUT2D eigenvalue weighted by molar-refractivity contribution is 7.45. The number of unbranched alkanes of at least 4 members (excludes halogenated alkanes) is 37. The van der Waals surface area contributed by atoms with Gasteiger partial charge < -0.3 is 27.9 Å². The topological polar surface area (TPSA) is 94.1 Å². The highest BCUT2D eigenvalue weighted by atomic mass is 31.2. The van der Waals surface area contributed by atoms with E-state index in [1.165, 1.54) is 218 Å². The molecule has 2 atom stereocenters. The molecule has 2 unspecified atom stereocenters. The first kappa shape index (κ1) is 60.5. The number of carbonyl (C=O) groups is 1. The van der Waals surface area contributed by atoms with E-state index in [4.69, 9.17) is 18.5 Å². The van der Waals surface area contributed by atoms with Crippen molar-refractivity contribution in [2.24, 2.45) is 0 Å². The fraction of sp³-hybridized carbons (Fsp3) is 0.981. The molecule has 0 rings (SSSR count). The van der Waals surface area contributed by atoms with Crippen LogP contribution in [-0.4, -0.2) is 70.7 Å². The third-order valence-electron chi connectivity index (χ3n) is 12.2. The summed E-state index contributed by atoms with van der Waals surface area (Å²) in [4.78, 5) is 25.2. The highest BCUT2D eigenvalue weighted by Gasteiger charge is 2.20. The van der Waals surface area contributed by atoms with Gasteiger partial charge in [0.1, 0.15) is 19.3 Å². The molecule has 366 valence electrons. The molecule has 0 radical (unpaired) electrons. The predicted octanol–water partition coefficient (Wildman–Crippen LogP) is 15.8. The third-order valence-corrected chi connectivity index (χ3v) is 13.1. The van der Waals surface area contributed by atoms with Crippen molar-refractivity contribution in [1.29, 1.82) is 0 Å². The van der Waals surface area contributed by atoms with Gasteiger partial charge in [0.15, 0.2) is 0 Å². The summed E-state index contributed by atoms with van der Waals surface area (Å²) < 4.78 is 34.8. The van der Waals surface area contributed by atoms with Gasteiger partial charge in [0, 0.05) is 13.0 Å². The molecule has 9 heteroatoms. The molecule has 61 heavy (non-hydrogen) atoms. The van der Waals surface area contributed by atoms with E-state index in [1.807, 2.05) is 21.1 Å². The van der Waals surface area contributed by atoms with E-state index in [9.17, 15) is 14.3 Å². The van der Waals surface area contributed by atoms with Gasteiger partial charge in [-0.2, -0.15) is 0 Å². The van der Waals surface area contributed by atoms with Crippen molar-refractivity contribution in [2.75, 3.05) is 54.1 Å². The molecular formula is C52H106NO7P. The maximum atomic E-state index is 12.8. The molecular weight excluding hydrogens is 782 g/mol. The summed E-state index contributed by atoms with van der Waals surface area (Å²) in [5.74, 6) is -0.324. The largest absolute Gasteiger partial charge is 0.756 e. The second-order valence-corrected chi connectivity index (χ2v) is 21.0. The molecule has 0 aromatic rings. The van der Waals surface area contributed by atoms with Gasteiger partial charge in [0.05, 0.1) is 34.4 Å². The van der Waals surface area contributed by atoms with Crippen LogP contribution in [0, 0.1) is 0 Å². The first-order valence-electron chi connectivity index (χ1n) is 26.8. The maximum Gasteiger partial charge on any atom is 0.306 e. The van der Waals surface area contributed by atoms with Crippen molar-refractivity contribution in [3.8, 4) is 0 Å². The molecule has 0 fully saturated rings. The average Bonchev–Trinajstić information content (AvgIpc) is 3.22. The lowest BCUT2D eigenvalue weighted by molar-refractivity contribution is -0.870.